The first-order valence-corrected chi connectivity index (χ1v) is 8.98. The molecule has 1 amide bonds. The highest BCUT2D eigenvalue weighted by Gasteiger charge is 2.44. The van der Waals surface area contributed by atoms with Gasteiger partial charge >= 0.3 is 6.09 Å². The van der Waals surface area contributed by atoms with Crippen LogP contribution >= 0.6 is 0 Å². The third-order valence-electron chi connectivity index (χ3n) is 5.04. The van der Waals surface area contributed by atoms with Gasteiger partial charge in [-0.3, -0.25) is 0 Å². The number of nitrogens with zero attached hydrogens (tertiary/aromatic N) is 4. The van der Waals surface area contributed by atoms with Crippen molar-refractivity contribution < 1.29 is 9.53 Å². The molecule has 2 aliphatic heterocycles. The lowest BCUT2D eigenvalue weighted by Gasteiger charge is -2.40. The highest BCUT2D eigenvalue weighted by molar-refractivity contribution is 5.87. The van der Waals surface area contributed by atoms with E-state index in [0.717, 1.165) is 49.2 Å². The van der Waals surface area contributed by atoms with Gasteiger partial charge in [-0.1, -0.05) is 0 Å². The van der Waals surface area contributed by atoms with Gasteiger partial charge in [-0.15, -0.1) is 0 Å². The molecule has 2 aromatic rings. The summed E-state index contributed by atoms with van der Waals surface area (Å²) < 4.78 is 5.62. The molecule has 2 aromatic heterocycles. The van der Waals surface area contributed by atoms with Crippen molar-refractivity contribution in [3.63, 3.8) is 0 Å². The number of carbonyl (C=O) groups excluding carboxylic acids is 1. The Labute approximate surface area is 147 Å². The van der Waals surface area contributed by atoms with Crippen LogP contribution in [0.5, 0.6) is 0 Å². The number of aromatic amines is 1. The van der Waals surface area contributed by atoms with E-state index < -0.39 is 5.60 Å². The zero-order valence-corrected chi connectivity index (χ0v) is 15.0. The normalized spacial score (nSPS) is 23.8. The fourth-order valence-corrected chi connectivity index (χ4v) is 4.08. The van der Waals surface area contributed by atoms with Crippen molar-refractivity contribution >= 4 is 22.9 Å². The van der Waals surface area contributed by atoms with Crippen molar-refractivity contribution in [1.29, 1.82) is 0 Å². The summed E-state index contributed by atoms with van der Waals surface area (Å²) in [5, 5.41) is 1.04. The minimum absolute atomic E-state index is 0.188. The first-order chi connectivity index (χ1) is 11.9. The molecular weight excluding hydrogens is 318 g/mol. The van der Waals surface area contributed by atoms with E-state index in [1.165, 1.54) is 0 Å². The predicted molar refractivity (Wildman–Crippen MR) is 95.6 cm³/mol. The Hall–Kier alpha value is -2.31. The molecule has 2 atom stereocenters. The second kappa shape index (κ2) is 5.89. The predicted octanol–water partition coefficient (Wildman–Crippen LogP) is 2.94. The number of fused-ring (bicyclic) bond motifs is 2. The Balaban J connectivity index is 1.59. The standard InChI is InChI=1S/C18H25N5O2/c1-18(2,3)25-17(24)23-9-4-5-13-14(23)7-10-22(13)16-12-6-8-19-15(12)20-11-21-16/h6,8,11,13-14H,4-5,7,9-10H2,1-3H3,(H,19,20,21)/t13-,14?/m1/s1. The molecule has 7 heteroatoms. The van der Waals surface area contributed by atoms with Gasteiger partial charge < -0.3 is 19.5 Å². The van der Waals surface area contributed by atoms with Gasteiger partial charge in [-0.2, -0.15) is 0 Å². The topological polar surface area (TPSA) is 74.3 Å². The number of amides is 1. The minimum Gasteiger partial charge on any atom is -0.444 e. The summed E-state index contributed by atoms with van der Waals surface area (Å²) in [5.41, 5.74) is 0.389. The Morgan fingerprint density at radius 3 is 2.88 bits per heavy atom. The quantitative estimate of drug-likeness (QED) is 0.862. The van der Waals surface area contributed by atoms with E-state index in [0.29, 0.717) is 0 Å². The lowest BCUT2D eigenvalue weighted by atomic mass is 9.97. The summed E-state index contributed by atoms with van der Waals surface area (Å²) >= 11 is 0. The van der Waals surface area contributed by atoms with E-state index in [9.17, 15) is 4.79 Å². The number of rotatable bonds is 1. The molecule has 0 aromatic carbocycles. The minimum atomic E-state index is -0.466. The Morgan fingerprint density at radius 1 is 1.24 bits per heavy atom. The molecule has 0 saturated carbocycles. The van der Waals surface area contributed by atoms with Gasteiger partial charge in [0.05, 0.1) is 17.5 Å². The molecule has 0 spiro atoms. The highest BCUT2D eigenvalue weighted by Crippen LogP contribution is 2.36. The molecule has 2 aliphatic rings. The molecule has 0 bridgehead atoms. The van der Waals surface area contributed by atoms with Crippen LogP contribution in [0.4, 0.5) is 10.6 Å². The third kappa shape index (κ3) is 2.92. The van der Waals surface area contributed by atoms with Gasteiger partial charge in [0.2, 0.25) is 0 Å². The van der Waals surface area contributed by atoms with Crippen LogP contribution in [0.15, 0.2) is 18.6 Å². The van der Waals surface area contributed by atoms with Crippen LogP contribution in [0, 0.1) is 0 Å². The van der Waals surface area contributed by atoms with E-state index in [-0.39, 0.29) is 18.2 Å². The van der Waals surface area contributed by atoms with Crippen molar-refractivity contribution in [2.45, 2.75) is 57.7 Å². The molecule has 0 aliphatic carbocycles. The maximum absolute atomic E-state index is 12.6. The second-order valence-electron chi connectivity index (χ2n) is 7.87. The first-order valence-electron chi connectivity index (χ1n) is 8.98. The molecule has 4 rings (SSSR count). The second-order valence-corrected chi connectivity index (χ2v) is 7.87. The molecule has 25 heavy (non-hydrogen) atoms. The van der Waals surface area contributed by atoms with Crippen molar-refractivity contribution in [2.24, 2.45) is 0 Å². The molecule has 1 unspecified atom stereocenters. The number of likely N-dealkylation sites (tertiary alicyclic amines) is 1. The van der Waals surface area contributed by atoms with Gasteiger partial charge in [0.25, 0.3) is 0 Å². The number of anilines is 1. The average Bonchev–Trinajstić information content (AvgIpc) is 3.19. The highest BCUT2D eigenvalue weighted by atomic mass is 16.6. The molecule has 2 saturated heterocycles. The molecule has 0 radical (unpaired) electrons. The summed E-state index contributed by atoms with van der Waals surface area (Å²) in [6.45, 7) is 7.41. The van der Waals surface area contributed by atoms with Gasteiger partial charge in [0, 0.05) is 19.3 Å². The van der Waals surface area contributed by atoms with Crippen molar-refractivity contribution in [2.75, 3.05) is 18.0 Å². The van der Waals surface area contributed by atoms with Gasteiger partial charge in [0.15, 0.2) is 0 Å². The number of nitrogens with one attached hydrogen (secondary N) is 1. The number of hydrogen-bond acceptors (Lipinski definition) is 5. The monoisotopic (exact) mass is 343 g/mol. The summed E-state index contributed by atoms with van der Waals surface area (Å²) in [5.74, 6) is 0.963. The van der Waals surface area contributed by atoms with Crippen LogP contribution in [0.1, 0.15) is 40.0 Å². The van der Waals surface area contributed by atoms with Crippen LogP contribution in [0.3, 0.4) is 0 Å². The SMILES string of the molecule is CC(C)(C)OC(=O)N1CCC[C@@H]2C1CCN2c1ncnc2[nH]ccc12. The lowest BCUT2D eigenvalue weighted by molar-refractivity contribution is 0.00957. The summed E-state index contributed by atoms with van der Waals surface area (Å²) in [7, 11) is 0. The summed E-state index contributed by atoms with van der Waals surface area (Å²) in [4.78, 5) is 28.9. The van der Waals surface area contributed by atoms with E-state index in [1.807, 2.05) is 37.9 Å². The zero-order chi connectivity index (χ0) is 17.6. The maximum Gasteiger partial charge on any atom is 0.410 e. The Bertz CT molecular complexity index is 781. The number of ether oxygens (including phenoxy) is 1. The smallest absolute Gasteiger partial charge is 0.410 e. The lowest BCUT2D eigenvalue weighted by Crippen LogP contribution is -2.53. The van der Waals surface area contributed by atoms with Crippen molar-refractivity contribution in [1.82, 2.24) is 19.9 Å². The van der Waals surface area contributed by atoms with Crippen LogP contribution in [-0.4, -0.2) is 56.7 Å². The van der Waals surface area contributed by atoms with Crippen LogP contribution in [-0.2, 0) is 4.74 Å². The third-order valence-corrected chi connectivity index (χ3v) is 5.04. The molecule has 7 nitrogen and oxygen atoms in total. The molecular formula is C18H25N5O2. The molecule has 1 N–H and O–H groups in total. The number of hydrogen-bond donors (Lipinski definition) is 1. The number of H-pyrrole nitrogens is 1. The Kier molecular flexibility index (Phi) is 3.81. The fourth-order valence-electron chi connectivity index (χ4n) is 4.08. The molecule has 2 fully saturated rings. The first kappa shape index (κ1) is 16.2. The van der Waals surface area contributed by atoms with Gasteiger partial charge in [0.1, 0.15) is 23.4 Å². The van der Waals surface area contributed by atoms with Crippen molar-refractivity contribution in [3.05, 3.63) is 18.6 Å². The van der Waals surface area contributed by atoms with Gasteiger partial charge in [-0.05, 0) is 46.1 Å². The van der Waals surface area contributed by atoms with Gasteiger partial charge in [-0.25, -0.2) is 14.8 Å². The number of aromatic nitrogens is 3. The number of piperidine rings is 1. The van der Waals surface area contributed by atoms with E-state index in [2.05, 4.69) is 19.9 Å². The van der Waals surface area contributed by atoms with E-state index in [4.69, 9.17) is 4.74 Å². The van der Waals surface area contributed by atoms with Crippen LogP contribution in [0.25, 0.3) is 11.0 Å². The fraction of sp³-hybridized carbons (Fsp3) is 0.611. The molecule has 134 valence electrons. The zero-order valence-electron chi connectivity index (χ0n) is 15.0. The average molecular weight is 343 g/mol. The largest absolute Gasteiger partial charge is 0.444 e. The summed E-state index contributed by atoms with van der Waals surface area (Å²) in [6, 6.07) is 2.49. The molecule has 4 heterocycles. The van der Waals surface area contributed by atoms with Crippen LogP contribution < -0.4 is 4.90 Å². The van der Waals surface area contributed by atoms with Crippen molar-refractivity contribution in [3.8, 4) is 0 Å². The Morgan fingerprint density at radius 2 is 2.08 bits per heavy atom. The maximum atomic E-state index is 12.6. The van der Waals surface area contributed by atoms with E-state index >= 15 is 0 Å². The summed E-state index contributed by atoms with van der Waals surface area (Å²) in [6.07, 6.45) is 6.30. The number of carbonyl (C=O) groups is 1. The van der Waals surface area contributed by atoms with Crippen LogP contribution in [0.2, 0.25) is 0 Å². The van der Waals surface area contributed by atoms with E-state index in [1.54, 1.807) is 6.33 Å².